The van der Waals surface area contributed by atoms with Crippen LogP contribution in [0.3, 0.4) is 0 Å². The fraction of sp³-hybridized carbons (Fsp3) is 0.923. The average Bonchev–Trinajstić information content (AvgIpc) is 2.23. The molecule has 1 aliphatic heterocycles. The van der Waals surface area contributed by atoms with Crippen molar-refractivity contribution in [1.29, 1.82) is 0 Å². The molecule has 1 saturated heterocycles. The lowest BCUT2D eigenvalue weighted by Gasteiger charge is -2.46. The quantitative estimate of drug-likeness (QED) is 0.734. The summed E-state index contributed by atoms with van der Waals surface area (Å²) in [6, 6.07) is 0. The molecule has 0 radical (unpaired) electrons. The first-order chi connectivity index (χ1) is 8.19. The van der Waals surface area contributed by atoms with Gasteiger partial charge in [-0.05, 0) is 34.7 Å². The predicted molar refractivity (Wildman–Crippen MR) is 72.4 cm³/mol. The second-order valence-electron chi connectivity index (χ2n) is 6.08. The Morgan fingerprint density at radius 1 is 1.44 bits per heavy atom. The van der Waals surface area contributed by atoms with E-state index in [1.807, 2.05) is 0 Å². The van der Waals surface area contributed by atoms with Gasteiger partial charge in [0.05, 0.1) is 6.61 Å². The van der Waals surface area contributed by atoms with E-state index in [9.17, 15) is 4.79 Å². The lowest BCUT2D eigenvalue weighted by Crippen LogP contribution is -2.62. The SMILES string of the molecule is CCOC(=O)C(C)(N)CN1CCN(C)C(C)(C)C1. The van der Waals surface area contributed by atoms with E-state index in [1.165, 1.54) is 0 Å². The van der Waals surface area contributed by atoms with Crippen LogP contribution >= 0.6 is 0 Å². The molecule has 1 aliphatic rings. The Morgan fingerprint density at radius 2 is 2.06 bits per heavy atom. The molecule has 0 bridgehead atoms. The molecule has 0 aromatic rings. The zero-order valence-electron chi connectivity index (χ0n) is 12.3. The molecule has 5 nitrogen and oxygen atoms in total. The minimum absolute atomic E-state index is 0.114. The maximum Gasteiger partial charge on any atom is 0.327 e. The summed E-state index contributed by atoms with van der Waals surface area (Å²) in [5, 5.41) is 0. The zero-order valence-corrected chi connectivity index (χ0v) is 12.3. The number of hydrogen-bond acceptors (Lipinski definition) is 5. The van der Waals surface area contributed by atoms with Crippen molar-refractivity contribution in [2.24, 2.45) is 5.73 Å². The molecule has 5 heteroatoms. The number of piperazine rings is 1. The molecule has 1 rings (SSSR count). The van der Waals surface area contributed by atoms with Crippen LogP contribution in [0.2, 0.25) is 0 Å². The Hall–Kier alpha value is -0.650. The second kappa shape index (κ2) is 5.55. The molecule has 0 saturated carbocycles. The van der Waals surface area contributed by atoms with E-state index in [2.05, 4.69) is 30.7 Å². The second-order valence-corrected chi connectivity index (χ2v) is 6.08. The number of carbonyl (C=O) groups excluding carboxylic acids is 1. The lowest BCUT2D eigenvalue weighted by atomic mass is 9.96. The third-order valence-corrected chi connectivity index (χ3v) is 3.69. The summed E-state index contributed by atoms with van der Waals surface area (Å²) >= 11 is 0. The van der Waals surface area contributed by atoms with Crippen LogP contribution in [0.1, 0.15) is 27.7 Å². The lowest BCUT2D eigenvalue weighted by molar-refractivity contribution is -0.150. The van der Waals surface area contributed by atoms with Gasteiger partial charge in [0.1, 0.15) is 5.54 Å². The number of rotatable bonds is 4. The fourth-order valence-corrected chi connectivity index (χ4v) is 2.30. The van der Waals surface area contributed by atoms with E-state index in [-0.39, 0.29) is 11.5 Å². The first-order valence-corrected chi connectivity index (χ1v) is 6.59. The Balaban J connectivity index is 2.60. The van der Waals surface area contributed by atoms with E-state index in [1.54, 1.807) is 13.8 Å². The highest BCUT2D eigenvalue weighted by molar-refractivity contribution is 5.80. The third kappa shape index (κ3) is 3.67. The van der Waals surface area contributed by atoms with Gasteiger partial charge >= 0.3 is 5.97 Å². The van der Waals surface area contributed by atoms with Crippen LogP contribution in [0.25, 0.3) is 0 Å². The van der Waals surface area contributed by atoms with Gasteiger partial charge in [-0.15, -0.1) is 0 Å². The number of ether oxygens (including phenoxy) is 1. The number of esters is 1. The van der Waals surface area contributed by atoms with Crippen molar-refractivity contribution < 1.29 is 9.53 Å². The highest BCUT2D eigenvalue weighted by Gasteiger charge is 2.37. The number of carbonyl (C=O) groups is 1. The van der Waals surface area contributed by atoms with Crippen LogP contribution in [0.5, 0.6) is 0 Å². The Kier molecular flexibility index (Phi) is 4.75. The number of nitrogens with two attached hydrogens (primary N) is 1. The molecule has 0 aromatic carbocycles. The van der Waals surface area contributed by atoms with Gasteiger partial charge in [0.2, 0.25) is 0 Å². The number of nitrogens with zero attached hydrogens (tertiary/aromatic N) is 2. The maximum atomic E-state index is 11.8. The molecular formula is C13H27N3O2. The fourth-order valence-electron chi connectivity index (χ4n) is 2.30. The molecule has 2 N–H and O–H groups in total. The summed E-state index contributed by atoms with van der Waals surface area (Å²) in [5.41, 5.74) is 5.26. The van der Waals surface area contributed by atoms with Crippen molar-refractivity contribution in [2.45, 2.75) is 38.8 Å². The third-order valence-electron chi connectivity index (χ3n) is 3.69. The van der Waals surface area contributed by atoms with E-state index >= 15 is 0 Å². The predicted octanol–water partition coefficient (Wildman–Crippen LogP) is 0.293. The Labute approximate surface area is 110 Å². The minimum Gasteiger partial charge on any atom is -0.465 e. The summed E-state index contributed by atoms with van der Waals surface area (Å²) in [7, 11) is 2.13. The molecule has 106 valence electrons. The summed E-state index contributed by atoms with van der Waals surface area (Å²) in [5.74, 6) is -0.318. The molecule has 0 spiro atoms. The van der Waals surface area contributed by atoms with Crippen LogP contribution in [-0.4, -0.2) is 66.7 Å². The van der Waals surface area contributed by atoms with Crippen molar-refractivity contribution in [2.75, 3.05) is 39.8 Å². The summed E-state index contributed by atoms with van der Waals surface area (Å²) in [6.07, 6.45) is 0. The van der Waals surface area contributed by atoms with Gasteiger partial charge < -0.3 is 10.5 Å². The summed E-state index contributed by atoms with van der Waals surface area (Å²) in [6.45, 7) is 11.7. The Bertz CT molecular complexity index is 303. The topological polar surface area (TPSA) is 58.8 Å². The highest BCUT2D eigenvalue weighted by atomic mass is 16.5. The average molecular weight is 257 g/mol. The summed E-state index contributed by atoms with van der Waals surface area (Å²) in [4.78, 5) is 16.4. The van der Waals surface area contributed by atoms with E-state index < -0.39 is 5.54 Å². The normalized spacial score (nSPS) is 24.6. The molecule has 1 fully saturated rings. The van der Waals surface area contributed by atoms with Gasteiger partial charge in [-0.2, -0.15) is 0 Å². The van der Waals surface area contributed by atoms with Crippen molar-refractivity contribution in [3.05, 3.63) is 0 Å². The molecule has 0 amide bonds. The van der Waals surface area contributed by atoms with E-state index in [4.69, 9.17) is 10.5 Å². The number of likely N-dealkylation sites (N-methyl/N-ethyl adjacent to an activating group) is 1. The first-order valence-electron chi connectivity index (χ1n) is 6.59. The van der Waals surface area contributed by atoms with Crippen molar-refractivity contribution in [3.8, 4) is 0 Å². The monoisotopic (exact) mass is 257 g/mol. The van der Waals surface area contributed by atoms with Gasteiger partial charge in [-0.1, -0.05) is 0 Å². The molecule has 18 heavy (non-hydrogen) atoms. The standard InChI is InChI=1S/C13H27N3O2/c1-6-18-11(17)13(4,14)10-16-8-7-15(5)12(2,3)9-16/h6-10,14H2,1-5H3. The van der Waals surface area contributed by atoms with Crippen molar-refractivity contribution >= 4 is 5.97 Å². The van der Waals surface area contributed by atoms with Crippen LogP contribution in [0, 0.1) is 0 Å². The molecule has 0 aromatic heterocycles. The van der Waals surface area contributed by atoms with Gasteiger partial charge in [0, 0.05) is 31.7 Å². The molecule has 1 unspecified atom stereocenters. The minimum atomic E-state index is -0.929. The van der Waals surface area contributed by atoms with Crippen LogP contribution in [0.4, 0.5) is 0 Å². The highest BCUT2D eigenvalue weighted by Crippen LogP contribution is 2.20. The zero-order chi connectivity index (χ0) is 14.0. The largest absolute Gasteiger partial charge is 0.465 e. The molecule has 1 atom stereocenters. The maximum absolute atomic E-state index is 11.8. The van der Waals surface area contributed by atoms with Crippen molar-refractivity contribution in [1.82, 2.24) is 9.80 Å². The van der Waals surface area contributed by atoms with Gasteiger partial charge in [-0.25, -0.2) is 0 Å². The number of hydrogen-bond donors (Lipinski definition) is 1. The van der Waals surface area contributed by atoms with Crippen LogP contribution in [0.15, 0.2) is 0 Å². The van der Waals surface area contributed by atoms with Gasteiger partial charge in [-0.3, -0.25) is 14.6 Å². The van der Waals surface area contributed by atoms with Crippen LogP contribution < -0.4 is 5.73 Å². The van der Waals surface area contributed by atoms with Crippen LogP contribution in [-0.2, 0) is 9.53 Å². The van der Waals surface area contributed by atoms with E-state index in [0.717, 1.165) is 19.6 Å². The molecule has 0 aliphatic carbocycles. The van der Waals surface area contributed by atoms with Crippen molar-refractivity contribution in [3.63, 3.8) is 0 Å². The smallest absolute Gasteiger partial charge is 0.327 e. The first kappa shape index (κ1) is 15.4. The summed E-state index contributed by atoms with van der Waals surface area (Å²) < 4.78 is 5.02. The molecule has 1 heterocycles. The van der Waals surface area contributed by atoms with Gasteiger partial charge in [0.25, 0.3) is 0 Å². The molecular weight excluding hydrogens is 230 g/mol. The Morgan fingerprint density at radius 3 is 2.56 bits per heavy atom. The van der Waals surface area contributed by atoms with Gasteiger partial charge in [0.15, 0.2) is 0 Å². The van der Waals surface area contributed by atoms with E-state index in [0.29, 0.717) is 13.2 Å².